The second kappa shape index (κ2) is 11.1. The Bertz CT molecular complexity index is 695. The van der Waals surface area contributed by atoms with Gasteiger partial charge >= 0.3 is 0 Å². The fraction of sp³-hybridized carbons (Fsp3) is 0.481. The van der Waals surface area contributed by atoms with Crippen LogP contribution >= 0.6 is 0 Å². The monoisotopic (exact) mass is 381 g/mol. The van der Waals surface area contributed by atoms with Crippen molar-refractivity contribution in [1.29, 1.82) is 0 Å². The Labute approximate surface area is 175 Å². The zero-order valence-electron chi connectivity index (χ0n) is 20.0. The molecule has 0 amide bonds. The van der Waals surface area contributed by atoms with Crippen molar-refractivity contribution in [3.05, 3.63) is 78.0 Å². The van der Waals surface area contributed by atoms with Crippen LogP contribution in [0.25, 0.3) is 5.70 Å². The van der Waals surface area contributed by atoms with E-state index in [4.69, 9.17) is 0 Å². The van der Waals surface area contributed by atoms with Crippen LogP contribution in [0.3, 0.4) is 0 Å². The lowest BCUT2D eigenvalue weighted by atomic mass is 9.63. The van der Waals surface area contributed by atoms with Crippen LogP contribution < -0.4 is 5.32 Å². The van der Waals surface area contributed by atoms with Crippen molar-refractivity contribution in [1.82, 2.24) is 5.32 Å². The predicted molar refractivity (Wildman–Crippen MR) is 129 cm³/mol. The number of benzene rings is 1. The van der Waals surface area contributed by atoms with Crippen molar-refractivity contribution in [3.63, 3.8) is 0 Å². The first kappa shape index (κ1) is 26.0. The van der Waals surface area contributed by atoms with Crippen LogP contribution in [-0.4, -0.2) is 0 Å². The molecule has 28 heavy (non-hydrogen) atoms. The van der Waals surface area contributed by atoms with Gasteiger partial charge in [0.25, 0.3) is 0 Å². The molecular weight excluding hydrogens is 338 g/mol. The molecule has 0 radical (unpaired) electrons. The maximum absolute atomic E-state index is 4.25. The summed E-state index contributed by atoms with van der Waals surface area (Å²) >= 11 is 0. The summed E-state index contributed by atoms with van der Waals surface area (Å²) < 4.78 is 0. The molecule has 0 saturated carbocycles. The summed E-state index contributed by atoms with van der Waals surface area (Å²) in [5, 5.41) is 3.38. The van der Waals surface area contributed by atoms with Crippen molar-refractivity contribution >= 4 is 5.70 Å². The summed E-state index contributed by atoms with van der Waals surface area (Å²) in [7, 11) is 0. The average Bonchev–Trinajstić information content (AvgIpc) is 2.62. The molecular formula is C27H43N. The van der Waals surface area contributed by atoms with Gasteiger partial charge in [-0.25, -0.2) is 0 Å². The van der Waals surface area contributed by atoms with Crippen molar-refractivity contribution in [2.24, 2.45) is 16.7 Å². The van der Waals surface area contributed by atoms with E-state index in [9.17, 15) is 0 Å². The highest BCUT2D eigenvalue weighted by molar-refractivity contribution is 5.63. The standard InChI is InChI=1S/C25H37N.C2H6/c1-18(2)25(10,22(6)24(7,8)9)17-11-12-20(4)26-21(5)23-15-13-19(3)14-16-23;1-2/h11-17,22,26H,1,5H2,2-4,6-10H3;1-2H3/b17-11+,20-12+;. The van der Waals surface area contributed by atoms with Gasteiger partial charge in [0.05, 0.1) is 0 Å². The fourth-order valence-corrected chi connectivity index (χ4v) is 3.05. The van der Waals surface area contributed by atoms with Crippen LogP contribution in [-0.2, 0) is 0 Å². The third-order valence-electron chi connectivity index (χ3n) is 5.65. The van der Waals surface area contributed by atoms with Gasteiger partial charge in [-0.1, -0.05) is 109 Å². The highest BCUT2D eigenvalue weighted by Crippen LogP contribution is 2.45. The van der Waals surface area contributed by atoms with E-state index < -0.39 is 0 Å². The van der Waals surface area contributed by atoms with Gasteiger partial charge in [0.2, 0.25) is 0 Å². The van der Waals surface area contributed by atoms with E-state index in [-0.39, 0.29) is 10.8 Å². The number of aryl methyl sites for hydroxylation is 1. The molecule has 0 spiro atoms. The Morgan fingerprint density at radius 1 is 1.00 bits per heavy atom. The molecule has 156 valence electrons. The van der Waals surface area contributed by atoms with Gasteiger partial charge in [-0.3, -0.25) is 0 Å². The van der Waals surface area contributed by atoms with Crippen LogP contribution in [0.15, 0.2) is 66.9 Å². The minimum Gasteiger partial charge on any atom is -0.359 e. The first-order valence-electron chi connectivity index (χ1n) is 10.4. The molecule has 2 atom stereocenters. The molecule has 0 aliphatic heterocycles. The molecule has 0 bridgehead atoms. The third-order valence-corrected chi connectivity index (χ3v) is 5.65. The summed E-state index contributed by atoms with van der Waals surface area (Å²) in [6.45, 7) is 30.2. The van der Waals surface area contributed by atoms with E-state index in [1.165, 1.54) is 11.1 Å². The SMILES string of the molecule is C=C(N/C(C)=C/C=C/C(C)(C(=C)C)C(C)C(C)(C)C)c1ccc(C)cc1.CC. The lowest BCUT2D eigenvalue weighted by Crippen LogP contribution is -2.33. The van der Waals surface area contributed by atoms with Crippen LogP contribution in [0.5, 0.6) is 0 Å². The molecule has 2 unspecified atom stereocenters. The Morgan fingerprint density at radius 2 is 1.50 bits per heavy atom. The first-order chi connectivity index (χ1) is 12.9. The van der Waals surface area contributed by atoms with Gasteiger partial charge < -0.3 is 5.32 Å². The predicted octanol–water partition coefficient (Wildman–Crippen LogP) is 8.31. The highest BCUT2D eigenvalue weighted by Gasteiger charge is 2.36. The average molecular weight is 382 g/mol. The Balaban J connectivity index is 0.00000352. The molecule has 1 nitrogen and oxygen atoms in total. The lowest BCUT2D eigenvalue weighted by Gasteiger charge is -2.42. The zero-order valence-corrected chi connectivity index (χ0v) is 20.0. The Hall–Kier alpha value is -2.02. The van der Waals surface area contributed by atoms with Crippen LogP contribution in [0, 0.1) is 23.7 Å². The summed E-state index contributed by atoms with van der Waals surface area (Å²) in [4.78, 5) is 0. The molecule has 1 aromatic carbocycles. The van der Waals surface area contributed by atoms with E-state index in [1.54, 1.807) is 0 Å². The molecule has 1 heteroatoms. The number of rotatable bonds is 7. The molecule has 1 N–H and O–H groups in total. The molecule has 0 fully saturated rings. The van der Waals surface area contributed by atoms with Gasteiger partial charge in [-0.05, 0) is 43.7 Å². The van der Waals surface area contributed by atoms with E-state index in [2.05, 4.69) is 116 Å². The van der Waals surface area contributed by atoms with Crippen molar-refractivity contribution in [2.45, 2.75) is 69.2 Å². The largest absolute Gasteiger partial charge is 0.359 e. The van der Waals surface area contributed by atoms with Crippen LogP contribution in [0.4, 0.5) is 0 Å². The van der Waals surface area contributed by atoms with E-state index in [0.717, 1.165) is 17.0 Å². The van der Waals surface area contributed by atoms with E-state index in [1.807, 2.05) is 13.8 Å². The van der Waals surface area contributed by atoms with E-state index >= 15 is 0 Å². The topological polar surface area (TPSA) is 12.0 Å². The van der Waals surface area contributed by atoms with Gasteiger partial charge in [-0.15, -0.1) is 0 Å². The van der Waals surface area contributed by atoms with Crippen LogP contribution in [0.1, 0.15) is 73.4 Å². The highest BCUT2D eigenvalue weighted by atomic mass is 14.9. The second-order valence-electron chi connectivity index (χ2n) is 8.83. The molecule has 1 rings (SSSR count). The number of hydrogen-bond donors (Lipinski definition) is 1. The van der Waals surface area contributed by atoms with Gasteiger partial charge in [0, 0.05) is 16.8 Å². The van der Waals surface area contributed by atoms with E-state index in [0.29, 0.717) is 5.92 Å². The number of allylic oxidation sites excluding steroid dienone is 5. The Kier molecular flexibility index (Phi) is 10.3. The van der Waals surface area contributed by atoms with Crippen LogP contribution in [0.2, 0.25) is 0 Å². The van der Waals surface area contributed by atoms with Crippen molar-refractivity contribution < 1.29 is 0 Å². The zero-order chi connectivity index (χ0) is 22.1. The molecule has 0 saturated heterocycles. The molecule has 1 aromatic rings. The lowest BCUT2D eigenvalue weighted by molar-refractivity contribution is 0.158. The number of hydrogen-bond acceptors (Lipinski definition) is 1. The van der Waals surface area contributed by atoms with Gasteiger partial charge in [0.15, 0.2) is 0 Å². The van der Waals surface area contributed by atoms with Crippen molar-refractivity contribution in [3.8, 4) is 0 Å². The van der Waals surface area contributed by atoms with Crippen molar-refractivity contribution in [2.75, 3.05) is 0 Å². The number of nitrogens with one attached hydrogen (secondary N) is 1. The molecule has 0 aromatic heterocycles. The summed E-state index contributed by atoms with van der Waals surface area (Å²) in [6, 6.07) is 8.40. The van der Waals surface area contributed by atoms with Gasteiger partial charge in [-0.2, -0.15) is 0 Å². The maximum Gasteiger partial charge on any atom is 0.0382 e. The third kappa shape index (κ3) is 7.54. The first-order valence-corrected chi connectivity index (χ1v) is 10.4. The second-order valence-corrected chi connectivity index (χ2v) is 8.83. The maximum atomic E-state index is 4.25. The Morgan fingerprint density at radius 3 is 1.93 bits per heavy atom. The fourth-order valence-electron chi connectivity index (χ4n) is 3.05. The summed E-state index contributed by atoms with van der Waals surface area (Å²) in [5.74, 6) is 0.480. The molecule has 0 aliphatic carbocycles. The van der Waals surface area contributed by atoms with Gasteiger partial charge in [0.1, 0.15) is 0 Å². The minimum absolute atomic E-state index is 0.0387. The molecule has 0 heterocycles. The normalized spacial score (nSPS) is 15.3. The minimum atomic E-state index is -0.0387. The molecule has 0 aliphatic rings. The smallest absolute Gasteiger partial charge is 0.0382 e. The summed E-state index contributed by atoms with van der Waals surface area (Å²) in [5.41, 5.74) is 5.72. The summed E-state index contributed by atoms with van der Waals surface area (Å²) in [6.07, 6.45) is 6.53. The quantitative estimate of drug-likeness (QED) is 0.370.